The third-order valence-electron chi connectivity index (χ3n) is 2.54. The van der Waals surface area contributed by atoms with Crippen molar-refractivity contribution in [2.45, 2.75) is 6.92 Å². The molecule has 0 saturated heterocycles. The number of carbonyl (C=O) groups excluding carboxylic acids is 2. The molecule has 1 aromatic carbocycles. The van der Waals surface area contributed by atoms with Crippen LogP contribution in [0.15, 0.2) is 30.6 Å². The molecule has 2 aromatic heterocycles. The zero-order valence-corrected chi connectivity index (χ0v) is 11.7. The first-order valence-electron chi connectivity index (χ1n) is 5.98. The lowest BCUT2D eigenvalue weighted by atomic mass is 10.2. The normalized spacial score (nSPS) is 10.5. The average Bonchev–Trinajstić information content (AvgIpc) is 3.01. The van der Waals surface area contributed by atoms with E-state index in [4.69, 9.17) is 0 Å². The molecule has 0 spiro atoms. The first-order chi connectivity index (χ1) is 10.1. The third kappa shape index (κ3) is 2.87. The van der Waals surface area contributed by atoms with Crippen molar-refractivity contribution in [3.05, 3.63) is 35.6 Å². The number of anilines is 2. The standard InChI is InChI=1S/C12H10N6O2S/c1-7(19)14-8-2-4-9(5-3-8)15-10(20)11-17-18-6-13-16-12(18)21-11/h2-6H,1H3,(H,14,19)(H,15,20). The van der Waals surface area contributed by atoms with E-state index in [1.165, 1.54) is 17.8 Å². The summed E-state index contributed by atoms with van der Waals surface area (Å²) < 4.78 is 1.44. The zero-order chi connectivity index (χ0) is 14.8. The summed E-state index contributed by atoms with van der Waals surface area (Å²) in [6.07, 6.45) is 1.44. The topological polar surface area (TPSA) is 101 Å². The molecule has 3 rings (SSSR count). The Morgan fingerprint density at radius 3 is 2.43 bits per heavy atom. The van der Waals surface area contributed by atoms with Gasteiger partial charge in [0.15, 0.2) is 0 Å². The average molecular weight is 302 g/mol. The monoisotopic (exact) mass is 302 g/mol. The lowest BCUT2D eigenvalue weighted by Crippen LogP contribution is -2.12. The SMILES string of the molecule is CC(=O)Nc1ccc(NC(=O)c2nn3cnnc3s2)cc1. The van der Waals surface area contributed by atoms with Crippen molar-refractivity contribution >= 4 is 39.5 Å². The van der Waals surface area contributed by atoms with Crippen molar-refractivity contribution in [1.29, 1.82) is 0 Å². The minimum Gasteiger partial charge on any atom is -0.326 e. The molecule has 2 amide bonds. The van der Waals surface area contributed by atoms with Crippen molar-refractivity contribution in [3.63, 3.8) is 0 Å². The lowest BCUT2D eigenvalue weighted by molar-refractivity contribution is -0.114. The van der Waals surface area contributed by atoms with Gasteiger partial charge in [0.25, 0.3) is 5.91 Å². The van der Waals surface area contributed by atoms with Gasteiger partial charge in [-0.1, -0.05) is 11.3 Å². The Morgan fingerprint density at radius 2 is 1.81 bits per heavy atom. The van der Waals surface area contributed by atoms with Crippen LogP contribution in [0.2, 0.25) is 0 Å². The number of nitrogens with zero attached hydrogens (tertiary/aromatic N) is 4. The molecule has 21 heavy (non-hydrogen) atoms. The number of amides is 2. The summed E-state index contributed by atoms with van der Waals surface area (Å²) >= 11 is 1.15. The smallest absolute Gasteiger partial charge is 0.286 e. The largest absolute Gasteiger partial charge is 0.326 e. The van der Waals surface area contributed by atoms with Crippen LogP contribution in [0.25, 0.3) is 4.96 Å². The highest BCUT2D eigenvalue weighted by atomic mass is 32.1. The first-order valence-corrected chi connectivity index (χ1v) is 6.79. The van der Waals surface area contributed by atoms with Crippen LogP contribution >= 0.6 is 11.3 Å². The summed E-state index contributed by atoms with van der Waals surface area (Å²) in [7, 11) is 0. The maximum absolute atomic E-state index is 12.0. The fourth-order valence-electron chi connectivity index (χ4n) is 1.68. The molecule has 9 heteroatoms. The number of carbonyl (C=O) groups is 2. The van der Waals surface area contributed by atoms with Gasteiger partial charge in [0, 0.05) is 18.3 Å². The highest BCUT2D eigenvalue weighted by Gasteiger charge is 2.13. The van der Waals surface area contributed by atoms with E-state index in [0.29, 0.717) is 21.3 Å². The second-order valence-electron chi connectivity index (χ2n) is 4.18. The summed E-state index contributed by atoms with van der Waals surface area (Å²) in [4.78, 5) is 23.5. The molecule has 106 valence electrons. The van der Waals surface area contributed by atoms with Gasteiger partial charge in [-0.05, 0) is 24.3 Å². The fraction of sp³-hybridized carbons (Fsp3) is 0.0833. The van der Waals surface area contributed by atoms with Crippen molar-refractivity contribution < 1.29 is 9.59 Å². The molecule has 2 heterocycles. The molecule has 0 aliphatic carbocycles. The van der Waals surface area contributed by atoms with E-state index in [9.17, 15) is 9.59 Å². The molecule has 0 radical (unpaired) electrons. The van der Waals surface area contributed by atoms with Crippen molar-refractivity contribution in [1.82, 2.24) is 19.8 Å². The van der Waals surface area contributed by atoms with Gasteiger partial charge in [-0.15, -0.1) is 15.3 Å². The Morgan fingerprint density at radius 1 is 1.14 bits per heavy atom. The Hall–Kier alpha value is -2.81. The van der Waals surface area contributed by atoms with E-state index in [-0.39, 0.29) is 11.8 Å². The second kappa shape index (κ2) is 5.29. The molecule has 0 aliphatic rings. The Balaban J connectivity index is 1.72. The van der Waals surface area contributed by atoms with Crippen LogP contribution in [-0.4, -0.2) is 31.6 Å². The number of benzene rings is 1. The minimum atomic E-state index is -0.322. The molecule has 0 unspecified atom stereocenters. The molecule has 0 bridgehead atoms. The Labute approximate surface area is 122 Å². The van der Waals surface area contributed by atoms with Gasteiger partial charge in [-0.25, -0.2) is 0 Å². The summed E-state index contributed by atoms with van der Waals surface area (Å²) in [5, 5.41) is 17.2. The van der Waals surface area contributed by atoms with Gasteiger partial charge in [-0.3, -0.25) is 9.59 Å². The number of hydrogen-bond donors (Lipinski definition) is 2. The molecule has 0 saturated carbocycles. The lowest BCUT2D eigenvalue weighted by Gasteiger charge is -2.05. The van der Waals surface area contributed by atoms with Crippen LogP contribution < -0.4 is 10.6 Å². The van der Waals surface area contributed by atoms with E-state index < -0.39 is 0 Å². The van der Waals surface area contributed by atoms with Gasteiger partial charge in [0.1, 0.15) is 6.33 Å². The quantitative estimate of drug-likeness (QED) is 0.761. The van der Waals surface area contributed by atoms with E-state index >= 15 is 0 Å². The highest BCUT2D eigenvalue weighted by molar-refractivity contribution is 7.18. The van der Waals surface area contributed by atoms with Crippen molar-refractivity contribution in [3.8, 4) is 0 Å². The number of fused-ring (bicyclic) bond motifs is 1. The van der Waals surface area contributed by atoms with E-state index in [2.05, 4.69) is 25.9 Å². The minimum absolute atomic E-state index is 0.147. The summed E-state index contributed by atoms with van der Waals surface area (Å²) in [6.45, 7) is 1.43. The summed E-state index contributed by atoms with van der Waals surface area (Å²) in [6, 6.07) is 6.80. The molecular formula is C12H10N6O2S. The zero-order valence-electron chi connectivity index (χ0n) is 10.9. The van der Waals surface area contributed by atoms with Gasteiger partial charge in [-0.2, -0.15) is 4.52 Å². The number of nitrogens with one attached hydrogen (secondary N) is 2. The fourth-order valence-corrected chi connectivity index (χ4v) is 2.39. The molecule has 2 N–H and O–H groups in total. The maximum Gasteiger partial charge on any atom is 0.286 e. The van der Waals surface area contributed by atoms with Gasteiger partial charge >= 0.3 is 0 Å². The molecule has 0 fully saturated rings. The molecule has 3 aromatic rings. The van der Waals surface area contributed by atoms with Crippen LogP contribution in [-0.2, 0) is 4.79 Å². The number of aromatic nitrogens is 4. The van der Waals surface area contributed by atoms with Gasteiger partial charge in [0.05, 0.1) is 0 Å². The number of rotatable bonds is 3. The van der Waals surface area contributed by atoms with Crippen LogP contribution in [0, 0.1) is 0 Å². The van der Waals surface area contributed by atoms with Crippen LogP contribution in [0.4, 0.5) is 11.4 Å². The van der Waals surface area contributed by atoms with Crippen molar-refractivity contribution in [2.75, 3.05) is 10.6 Å². The summed E-state index contributed by atoms with van der Waals surface area (Å²) in [5.41, 5.74) is 1.28. The van der Waals surface area contributed by atoms with Gasteiger partial charge in [0.2, 0.25) is 15.9 Å². The first kappa shape index (κ1) is 13.2. The van der Waals surface area contributed by atoms with Crippen LogP contribution in [0.3, 0.4) is 0 Å². The van der Waals surface area contributed by atoms with E-state index in [1.54, 1.807) is 24.3 Å². The van der Waals surface area contributed by atoms with Crippen LogP contribution in [0.5, 0.6) is 0 Å². The van der Waals surface area contributed by atoms with E-state index in [0.717, 1.165) is 11.3 Å². The predicted molar refractivity (Wildman–Crippen MR) is 77.4 cm³/mol. The van der Waals surface area contributed by atoms with Crippen LogP contribution in [0.1, 0.15) is 16.7 Å². The summed E-state index contributed by atoms with van der Waals surface area (Å²) in [5.74, 6) is -0.468. The molecular weight excluding hydrogens is 292 g/mol. The molecule has 0 atom stereocenters. The Kier molecular flexibility index (Phi) is 3.32. The van der Waals surface area contributed by atoms with E-state index in [1.807, 2.05) is 0 Å². The molecule has 0 aliphatic heterocycles. The maximum atomic E-state index is 12.0. The Bertz CT molecular complexity index is 778. The molecule has 8 nitrogen and oxygen atoms in total. The highest BCUT2D eigenvalue weighted by Crippen LogP contribution is 2.16. The third-order valence-corrected chi connectivity index (χ3v) is 3.46. The van der Waals surface area contributed by atoms with Gasteiger partial charge < -0.3 is 10.6 Å². The second-order valence-corrected chi connectivity index (χ2v) is 5.13. The van der Waals surface area contributed by atoms with Crippen molar-refractivity contribution in [2.24, 2.45) is 0 Å². The number of hydrogen-bond acceptors (Lipinski definition) is 6. The predicted octanol–water partition coefficient (Wildman–Crippen LogP) is 1.40.